The van der Waals surface area contributed by atoms with E-state index in [1.165, 1.54) is 11.3 Å². The van der Waals surface area contributed by atoms with Crippen LogP contribution in [0.15, 0.2) is 17.5 Å². The van der Waals surface area contributed by atoms with Gasteiger partial charge < -0.3 is 15.4 Å². The largest absolute Gasteiger partial charge is 0.461 e. The van der Waals surface area contributed by atoms with Gasteiger partial charge in [-0.3, -0.25) is 4.79 Å². The second kappa shape index (κ2) is 4.25. The lowest BCUT2D eigenvalue weighted by Gasteiger charge is -1.99. The molecule has 6 heteroatoms. The van der Waals surface area contributed by atoms with Crippen LogP contribution in [0.25, 0.3) is 0 Å². The lowest BCUT2D eigenvalue weighted by molar-refractivity contribution is -0.114. The van der Waals surface area contributed by atoms with Gasteiger partial charge in [-0.05, 0) is 17.5 Å². The lowest BCUT2D eigenvalue weighted by atomic mass is 9.86. The highest BCUT2D eigenvalue weighted by molar-refractivity contribution is 7.14. The molecule has 1 heterocycles. The minimum atomic E-state index is -1.58. The van der Waals surface area contributed by atoms with E-state index < -0.39 is 13.0 Å². The molecule has 0 unspecified atom stereocenters. The highest BCUT2D eigenvalue weighted by Gasteiger charge is 2.13. The van der Waals surface area contributed by atoms with Crippen molar-refractivity contribution < 1.29 is 14.8 Å². The molecular weight excluding hydrogens is 177 g/mol. The van der Waals surface area contributed by atoms with E-state index in [-0.39, 0.29) is 6.32 Å². The Balaban J connectivity index is 2.37. The van der Waals surface area contributed by atoms with Crippen molar-refractivity contribution in [3.05, 3.63) is 17.5 Å². The summed E-state index contributed by atoms with van der Waals surface area (Å²) in [6.45, 7) is 0. The molecule has 0 aromatic carbocycles. The van der Waals surface area contributed by atoms with E-state index in [2.05, 4.69) is 5.32 Å². The number of nitrogens with one attached hydrogen (secondary N) is 1. The number of rotatable bonds is 3. The normalized spacial score (nSPS) is 9.50. The van der Waals surface area contributed by atoms with Gasteiger partial charge in [0.15, 0.2) is 0 Å². The zero-order chi connectivity index (χ0) is 8.97. The predicted molar refractivity (Wildman–Crippen MR) is 47.9 cm³/mol. The Bertz CT molecular complexity index is 249. The zero-order valence-corrected chi connectivity index (χ0v) is 7.04. The highest BCUT2D eigenvalue weighted by Crippen LogP contribution is 2.14. The standard InChI is InChI=1S/C6H8BNO3S/c9-5(4-7(10)11)8-6-2-1-3-12-6/h1-3,10-11H,4H2,(H,8,9). The van der Waals surface area contributed by atoms with Crippen LogP contribution in [0.2, 0.25) is 6.32 Å². The molecule has 0 saturated heterocycles. The molecule has 3 N–H and O–H groups in total. The summed E-state index contributed by atoms with van der Waals surface area (Å²) in [7, 11) is -1.58. The molecule has 0 saturated carbocycles. The molecule has 0 spiro atoms. The Kier molecular flexibility index (Phi) is 3.27. The Labute approximate surface area is 74.0 Å². The first kappa shape index (κ1) is 9.24. The molecular formula is C6H8BNO3S. The third-order valence-electron chi connectivity index (χ3n) is 1.15. The average Bonchev–Trinajstić information content (AvgIpc) is 2.37. The van der Waals surface area contributed by atoms with Gasteiger partial charge in [0.2, 0.25) is 5.91 Å². The van der Waals surface area contributed by atoms with E-state index in [9.17, 15) is 4.79 Å². The fourth-order valence-corrected chi connectivity index (χ4v) is 1.34. The number of hydrogen-bond acceptors (Lipinski definition) is 4. The molecule has 4 nitrogen and oxygen atoms in total. The van der Waals surface area contributed by atoms with Crippen LogP contribution >= 0.6 is 11.3 Å². The Hall–Kier alpha value is -0.845. The summed E-state index contributed by atoms with van der Waals surface area (Å²) in [6.07, 6.45) is -0.294. The summed E-state index contributed by atoms with van der Waals surface area (Å²) in [4.78, 5) is 10.9. The Morgan fingerprint density at radius 1 is 1.67 bits per heavy atom. The van der Waals surface area contributed by atoms with Crippen molar-refractivity contribution in [1.82, 2.24) is 0 Å². The van der Waals surface area contributed by atoms with Crippen LogP contribution < -0.4 is 5.32 Å². The Morgan fingerprint density at radius 2 is 2.42 bits per heavy atom. The smallest absolute Gasteiger partial charge is 0.427 e. The molecule has 1 aromatic rings. The second-order valence-electron chi connectivity index (χ2n) is 2.21. The van der Waals surface area contributed by atoms with Gasteiger partial charge in [-0.15, -0.1) is 11.3 Å². The van der Waals surface area contributed by atoms with Crippen LogP contribution in [-0.2, 0) is 4.79 Å². The molecule has 1 aromatic heterocycles. The van der Waals surface area contributed by atoms with E-state index in [0.29, 0.717) is 5.00 Å². The highest BCUT2D eigenvalue weighted by atomic mass is 32.1. The first-order chi connectivity index (χ1) is 5.68. The van der Waals surface area contributed by atoms with Gasteiger partial charge in [-0.1, -0.05) is 0 Å². The van der Waals surface area contributed by atoms with E-state index >= 15 is 0 Å². The maximum absolute atomic E-state index is 10.9. The number of amides is 1. The van der Waals surface area contributed by atoms with E-state index in [1.807, 2.05) is 5.38 Å². The van der Waals surface area contributed by atoms with Gasteiger partial charge >= 0.3 is 7.12 Å². The molecule has 1 amide bonds. The molecule has 0 radical (unpaired) electrons. The van der Waals surface area contributed by atoms with Crippen LogP contribution in [-0.4, -0.2) is 23.1 Å². The molecule has 0 fully saturated rings. The van der Waals surface area contributed by atoms with Crippen LogP contribution in [0.5, 0.6) is 0 Å². The van der Waals surface area contributed by atoms with Gasteiger partial charge in [0.05, 0.1) is 11.3 Å². The number of thiophene rings is 1. The van der Waals surface area contributed by atoms with Crippen molar-refractivity contribution in [3.8, 4) is 0 Å². The average molecular weight is 185 g/mol. The van der Waals surface area contributed by atoms with Gasteiger partial charge in [-0.25, -0.2) is 0 Å². The first-order valence-electron chi connectivity index (χ1n) is 3.38. The summed E-state index contributed by atoms with van der Waals surface area (Å²) in [5.74, 6) is -0.396. The van der Waals surface area contributed by atoms with Crippen molar-refractivity contribution in [2.45, 2.75) is 6.32 Å². The lowest BCUT2D eigenvalue weighted by Crippen LogP contribution is -2.21. The summed E-state index contributed by atoms with van der Waals surface area (Å²) < 4.78 is 0. The van der Waals surface area contributed by atoms with Crippen molar-refractivity contribution >= 4 is 29.4 Å². The molecule has 0 aliphatic heterocycles. The number of hydrogen-bond donors (Lipinski definition) is 3. The maximum Gasteiger partial charge on any atom is 0.461 e. The van der Waals surface area contributed by atoms with E-state index in [0.717, 1.165) is 0 Å². The quantitative estimate of drug-likeness (QED) is 0.587. The summed E-state index contributed by atoms with van der Waals surface area (Å²) in [5.41, 5.74) is 0. The fraction of sp³-hybridized carbons (Fsp3) is 0.167. The van der Waals surface area contributed by atoms with Gasteiger partial charge in [0, 0.05) is 0 Å². The van der Waals surface area contributed by atoms with Crippen molar-refractivity contribution in [2.75, 3.05) is 5.32 Å². The number of carbonyl (C=O) groups excluding carboxylic acids is 1. The van der Waals surface area contributed by atoms with Gasteiger partial charge in [0.1, 0.15) is 0 Å². The van der Waals surface area contributed by atoms with Crippen LogP contribution in [0.1, 0.15) is 0 Å². The molecule has 0 bridgehead atoms. The molecule has 1 rings (SSSR count). The summed E-state index contributed by atoms with van der Waals surface area (Å²) >= 11 is 1.38. The van der Waals surface area contributed by atoms with Crippen molar-refractivity contribution in [2.24, 2.45) is 0 Å². The van der Waals surface area contributed by atoms with Gasteiger partial charge in [0.25, 0.3) is 0 Å². The third kappa shape index (κ3) is 3.04. The van der Waals surface area contributed by atoms with E-state index in [1.54, 1.807) is 12.1 Å². The van der Waals surface area contributed by atoms with Crippen LogP contribution in [0.4, 0.5) is 5.00 Å². The Morgan fingerprint density at radius 3 is 2.92 bits per heavy atom. The van der Waals surface area contributed by atoms with E-state index in [4.69, 9.17) is 10.0 Å². The monoisotopic (exact) mass is 185 g/mol. The van der Waals surface area contributed by atoms with Crippen molar-refractivity contribution in [1.29, 1.82) is 0 Å². The predicted octanol–water partition coefficient (Wildman–Crippen LogP) is 0.159. The first-order valence-corrected chi connectivity index (χ1v) is 4.26. The number of carbonyl (C=O) groups is 1. The molecule has 0 aliphatic rings. The van der Waals surface area contributed by atoms with Crippen LogP contribution in [0, 0.1) is 0 Å². The maximum atomic E-state index is 10.9. The SMILES string of the molecule is O=C(CB(O)O)Nc1cccs1. The zero-order valence-electron chi connectivity index (χ0n) is 6.23. The van der Waals surface area contributed by atoms with Crippen molar-refractivity contribution in [3.63, 3.8) is 0 Å². The molecule has 0 aliphatic carbocycles. The third-order valence-corrected chi connectivity index (χ3v) is 1.94. The minimum Gasteiger partial charge on any atom is -0.427 e. The molecule has 12 heavy (non-hydrogen) atoms. The number of anilines is 1. The summed E-state index contributed by atoms with van der Waals surface area (Å²) in [5, 5.41) is 21.9. The molecule has 0 atom stereocenters. The van der Waals surface area contributed by atoms with Crippen LogP contribution in [0.3, 0.4) is 0 Å². The fourth-order valence-electron chi connectivity index (χ4n) is 0.704. The van der Waals surface area contributed by atoms with Gasteiger partial charge in [-0.2, -0.15) is 0 Å². The minimum absolute atomic E-state index is 0.294. The topological polar surface area (TPSA) is 69.6 Å². The summed E-state index contributed by atoms with van der Waals surface area (Å²) in [6, 6.07) is 3.54. The second-order valence-corrected chi connectivity index (χ2v) is 3.16. The molecule has 64 valence electrons.